The van der Waals surface area contributed by atoms with Crippen LogP contribution in [0, 0.1) is 0 Å². The summed E-state index contributed by atoms with van der Waals surface area (Å²) in [7, 11) is 1.83. The minimum atomic E-state index is -0.210. The molecule has 2 aromatic rings. The summed E-state index contributed by atoms with van der Waals surface area (Å²) in [6.45, 7) is 6.25. The molecule has 4 rings (SSSR count). The van der Waals surface area contributed by atoms with Gasteiger partial charge in [0.15, 0.2) is 0 Å². The van der Waals surface area contributed by atoms with Crippen molar-refractivity contribution < 1.29 is 9.84 Å². The molecule has 2 aliphatic rings. The van der Waals surface area contributed by atoms with Crippen LogP contribution in [0.5, 0.6) is 0 Å². The van der Waals surface area contributed by atoms with Gasteiger partial charge in [0.1, 0.15) is 5.82 Å². The van der Waals surface area contributed by atoms with Gasteiger partial charge in [0.05, 0.1) is 29.3 Å². The first kappa shape index (κ1) is 17.0. The molecule has 1 aliphatic carbocycles. The van der Waals surface area contributed by atoms with Crippen molar-refractivity contribution in [3.8, 4) is 0 Å². The second-order valence-electron chi connectivity index (χ2n) is 7.91. The largest absolute Gasteiger partial charge is 0.393 e. The van der Waals surface area contributed by atoms with Crippen LogP contribution in [-0.2, 0) is 11.3 Å². The van der Waals surface area contributed by atoms with Crippen molar-refractivity contribution in [2.24, 2.45) is 0 Å². The van der Waals surface area contributed by atoms with Crippen LogP contribution < -0.4 is 0 Å². The molecule has 1 aromatic carbocycles. The second kappa shape index (κ2) is 6.38. The van der Waals surface area contributed by atoms with Crippen LogP contribution in [0.4, 0.5) is 0 Å². The Kier molecular flexibility index (Phi) is 4.34. The van der Waals surface area contributed by atoms with Crippen LogP contribution in [0.2, 0.25) is 0 Å². The smallest absolute Gasteiger partial charge is 0.124 e. The predicted octanol–water partition coefficient (Wildman–Crippen LogP) is 3.12. The summed E-state index contributed by atoms with van der Waals surface area (Å²) in [5.41, 5.74) is 2.17. The summed E-state index contributed by atoms with van der Waals surface area (Å²) >= 11 is 0. The molecule has 1 saturated heterocycles. The second-order valence-corrected chi connectivity index (χ2v) is 7.91. The molecule has 5 heteroatoms. The number of hydrogen-bond donors (Lipinski definition) is 1. The van der Waals surface area contributed by atoms with Gasteiger partial charge in [-0.2, -0.15) is 0 Å². The van der Waals surface area contributed by atoms with Gasteiger partial charge >= 0.3 is 0 Å². The van der Waals surface area contributed by atoms with Gasteiger partial charge in [0, 0.05) is 25.7 Å². The molecule has 2 heterocycles. The predicted molar refractivity (Wildman–Crippen MR) is 98.5 cm³/mol. The molecule has 0 unspecified atom stereocenters. The van der Waals surface area contributed by atoms with E-state index in [9.17, 15) is 5.11 Å². The van der Waals surface area contributed by atoms with E-state index in [-0.39, 0.29) is 17.7 Å². The minimum Gasteiger partial charge on any atom is -0.393 e. The zero-order chi connectivity index (χ0) is 17.6. The fourth-order valence-electron chi connectivity index (χ4n) is 4.92. The van der Waals surface area contributed by atoms with Crippen LogP contribution in [0.15, 0.2) is 24.3 Å². The van der Waals surface area contributed by atoms with E-state index < -0.39 is 0 Å². The first-order chi connectivity index (χ1) is 12.0. The Morgan fingerprint density at radius 2 is 2.12 bits per heavy atom. The molecule has 2 fully saturated rings. The zero-order valence-electron chi connectivity index (χ0n) is 15.5. The van der Waals surface area contributed by atoms with Crippen LogP contribution in [0.1, 0.15) is 51.4 Å². The fourth-order valence-corrected chi connectivity index (χ4v) is 4.92. The number of aromatic nitrogens is 2. The first-order valence-corrected chi connectivity index (χ1v) is 9.47. The van der Waals surface area contributed by atoms with Gasteiger partial charge in [-0.1, -0.05) is 12.1 Å². The fraction of sp³-hybridized carbons (Fsp3) is 0.650. The van der Waals surface area contributed by atoms with Crippen molar-refractivity contribution >= 4 is 11.0 Å². The van der Waals surface area contributed by atoms with Crippen molar-refractivity contribution in [2.75, 3.05) is 13.7 Å². The molecule has 5 nitrogen and oxygen atoms in total. The summed E-state index contributed by atoms with van der Waals surface area (Å²) in [5, 5.41) is 10.2. The Bertz CT molecular complexity index is 756. The van der Waals surface area contributed by atoms with E-state index in [1.165, 1.54) is 5.52 Å². The standard InChI is InChI=1S/C20H29N3O2/c1-14(2)23-17-7-5-4-6-16(17)21-19(23)13-22-11-10-20(25-3)9-8-15(24)12-18(20)22/h4-7,14-15,18,24H,8-13H2,1-3H3/t15-,18-,20+/m0/s1. The number of aliphatic hydroxyl groups is 1. The summed E-state index contributed by atoms with van der Waals surface area (Å²) in [5.74, 6) is 1.11. The number of imidazole rings is 1. The number of nitrogens with zero attached hydrogens (tertiary/aromatic N) is 3. The topological polar surface area (TPSA) is 50.5 Å². The molecule has 1 aliphatic heterocycles. The molecule has 136 valence electrons. The monoisotopic (exact) mass is 343 g/mol. The molecule has 0 amide bonds. The number of likely N-dealkylation sites (tertiary alicyclic amines) is 1. The third kappa shape index (κ3) is 2.78. The minimum absolute atomic E-state index is 0.0894. The lowest BCUT2D eigenvalue weighted by Gasteiger charge is -2.42. The number of ether oxygens (including phenoxy) is 1. The highest BCUT2D eigenvalue weighted by molar-refractivity contribution is 5.76. The van der Waals surface area contributed by atoms with E-state index in [0.717, 1.165) is 50.1 Å². The lowest BCUT2D eigenvalue weighted by molar-refractivity contribution is -0.0882. The normalized spacial score (nSPS) is 30.3. The average molecular weight is 343 g/mol. The number of fused-ring (bicyclic) bond motifs is 2. The molecular weight excluding hydrogens is 314 g/mol. The highest BCUT2D eigenvalue weighted by atomic mass is 16.5. The van der Waals surface area contributed by atoms with E-state index >= 15 is 0 Å². The van der Waals surface area contributed by atoms with E-state index in [1.807, 2.05) is 13.2 Å². The lowest BCUT2D eigenvalue weighted by Crippen LogP contribution is -2.51. The number of para-hydroxylation sites is 2. The van der Waals surface area contributed by atoms with Crippen molar-refractivity contribution in [1.82, 2.24) is 14.5 Å². The summed E-state index contributed by atoms with van der Waals surface area (Å²) in [4.78, 5) is 7.40. The van der Waals surface area contributed by atoms with Crippen LogP contribution in [0.25, 0.3) is 11.0 Å². The molecule has 25 heavy (non-hydrogen) atoms. The van der Waals surface area contributed by atoms with Gasteiger partial charge in [-0.05, 0) is 51.7 Å². The number of methoxy groups -OCH3 is 1. The summed E-state index contributed by atoms with van der Waals surface area (Å²) < 4.78 is 8.32. The maximum Gasteiger partial charge on any atom is 0.124 e. The maximum atomic E-state index is 10.2. The molecule has 1 saturated carbocycles. The van der Waals surface area contributed by atoms with Crippen LogP contribution in [-0.4, -0.2) is 51.0 Å². The van der Waals surface area contributed by atoms with E-state index in [2.05, 4.69) is 41.5 Å². The van der Waals surface area contributed by atoms with Gasteiger partial charge in [-0.3, -0.25) is 4.90 Å². The highest BCUT2D eigenvalue weighted by Crippen LogP contribution is 2.43. The van der Waals surface area contributed by atoms with Crippen molar-refractivity contribution in [3.63, 3.8) is 0 Å². The Hall–Kier alpha value is -1.43. The molecule has 1 aromatic heterocycles. The molecule has 0 radical (unpaired) electrons. The number of benzene rings is 1. The Balaban J connectivity index is 1.66. The lowest BCUT2D eigenvalue weighted by atomic mass is 9.79. The van der Waals surface area contributed by atoms with Gasteiger partial charge in [0.2, 0.25) is 0 Å². The van der Waals surface area contributed by atoms with Crippen LogP contribution in [0.3, 0.4) is 0 Å². The summed E-state index contributed by atoms with van der Waals surface area (Å²) in [6, 6.07) is 9.02. The molecule has 0 bridgehead atoms. The Morgan fingerprint density at radius 1 is 1.32 bits per heavy atom. The van der Waals surface area contributed by atoms with Gasteiger partial charge in [-0.15, -0.1) is 0 Å². The van der Waals surface area contributed by atoms with E-state index in [4.69, 9.17) is 9.72 Å². The van der Waals surface area contributed by atoms with E-state index in [1.54, 1.807) is 0 Å². The molecular formula is C20H29N3O2. The quantitative estimate of drug-likeness (QED) is 0.927. The van der Waals surface area contributed by atoms with Gasteiger partial charge in [0.25, 0.3) is 0 Å². The SMILES string of the molecule is CO[C@@]12CC[C@H](O)C[C@@H]1N(Cc1nc3ccccc3n1C(C)C)CC2. The van der Waals surface area contributed by atoms with Crippen molar-refractivity contribution in [3.05, 3.63) is 30.1 Å². The van der Waals surface area contributed by atoms with Crippen LogP contribution >= 0.6 is 0 Å². The van der Waals surface area contributed by atoms with Gasteiger partial charge in [-0.25, -0.2) is 4.98 Å². The Labute approximate surface area is 149 Å². The van der Waals surface area contributed by atoms with Crippen molar-refractivity contribution in [1.29, 1.82) is 0 Å². The highest BCUT2D eigenvalue weighted by Gasteiger charge is 2.50. The Morgan fingerprint density at radius 3 is 2.88 bits per heavy atom. The third-order valence-electron chi connectivity index (χ3n) is 6.20. The molecule has 3 atom stereocenters. The first-order valence-electron chi connectivity index (χ1n) is 9.47. The zero-order valence-corrected chi connectivity index (χ0v) is 15.5. The number of rotatable bonds is 4. The van der Waals surface area contributed by atoms with Gasteiger partial charge < -0.3 is 14.4 Å². The van der Waals surface area contributed by atoms with E-state index in [0.29, 0.717) is 6.04 Å². The third-order valence-corrected chi connectivity index (χ3v) is 6.20. The molecule has 0 spiro atoms. The van der Waals surface area contributed by atoms with Crippen molar-refractivity contribution in [2.45, 2.75) is 69.9 Å². The average Bonchev–Trinajstić information content (AvgIpc) is 3.14. The number of hydrogen-bond acceptors (Lipinski definition) is 4. The number of aliphatic hydroxyl groups excluding tert-OH is 1. The summed E-state index contributed by atoms with van der Waals surface area (Å²) in [6.07, 6.45) is 3.44. The maximum absolute atomic E-state index is 10.2. The molecule has 1 N–H and O–H groups in total.